The number of hydrogen-bond donors (Lipinski definition) is 0. The number of halogens is 2. The zero-order valence-electron chi connectivity index (χ0n) is 7.68. The lowest BCUT2D eigenvalue weighted by Gasteiger charge is -2.08. The third kappa shape index (κ3) is 2.63. The van der Waals surface area contributed by atoms with Gasteiger partial charge in [-0.25, -0.2) is 0 Å². The molecule has 4 heteroatoms. The van der Waals surface area contributed by atoms with Crippen molar-refractivity contribution in [1.29, 1.82) is 5.26 Å². The monoisotopic (exact) mass is 273 g/mol. The van der Waals surface area contributed by atoms with Crippen LogP contribution < -0.4 is 4.74 Å². The van der Waals surface area contributed by atoms with E-state index >= 15 is 0 Å². The molecule has 0 aliphatic carbocycles. The van der Waals surface area contributed by atoms with E-state index in [4.69, 9.17) is 21.6 Å². The van der Waals surface area contributed by atoms with E-state index in [1.807, 2.05) is 13.0 Å². The van der Waals surface area contributed by atoms with E-state index in [9.17, 15) is 0 Å². The van der Waals surface area contributed by atoms with Gasteiger partial charge in [-0.3, -0.25) is 0 Å². The SMILES string of the molecule is CCCOc1c(Cl)cc(Br)cc1C#N. The normalized spacial score (nSPS) is 9.57. The van der Waals surface area contributed by atoms with E-state index in [0.717, 1.165) is 10.9 Å². The molecule has 0 bridgehead atoms. The summed E-state index contributed by atoms with van der Waals surface area (Å²) in [5.74, 6) is 0.471. The van der Waals surface area contributed by atoms with Crippen LogP contribution >= 0.6 is 27.5 Å². The molecule has 1 aromatic carbocycles. The van der Waals surface area contributed by atoms with Crippen molar-refractivity contribution in [1.82, 2.24) is 0 Å². The molecule has 0 heterocycles. The lowest BCUT2D eigenvalue weighted by atomic mass is 10.2. The summed E-state index contributed by atoms with van der Waals surface area (Å²) < 4.78 is 6.17. The summed E-state index contributed by atoms with van der Waals surface area (Å²) in [5.41, 5.74) is 0.456. The predicted molar refractivity (Wildman–Crippen MR) is 59.7 cm³/mol. The van der Waals surface area contributed by atoms with Crippen molar-refractivity contribution in [2.45, 2.75) is 13.3 Å². The van der Waals surface area contributed by atoms with Crippen LogP contribution in [-0.2, 0) is 0 Å². The highest BCUT2D eigenvalue weighted by Gasteiger charge is 2.09. The maximum atomic E-state index is 8.86. The van der Waals surface area contributed by atoms with Crippen LogP contribution in [0.15, 0.2) is 16.6 Å². The van der Waals surface area contributed by atoms with Gasteiger partial charge in [0, 0.05) is 4.47 Å². The van der Waals surface area contributed by atoms with Gasteiger partial charge in [0.05, 0.1) is 17.2 Å². The average Bonchev–Trinajstić information content (AvgIpc) is 2.15. The number of rotatable bonds is 3. The lowest BCUT2D eigenvalue weighted by molar-refractivity contribution is 0.316. The molecule has 0 radical (unpaired) electrons. The van der Waals surface area contributed by atoms with E-state index in [1.165, 1.54) is 0 Å². The molecule has 0 aliphatic heterocycles. The van der Waals surface area contributed by atoms with Crippen LogP contribution in [0.2, 0.25) is 5.02 Å². The Labute approximate surface area is 96.6 Å². The molecule has 0 fully saturated rings. The fraction of sp³-hybridized carbons (Fsp3) is 0.300. The van der Waals surface area contributed by atoms with E-state index in [1.54, 1.807) is 12.1 Å². The molecule has 74 valence electrons. The van der Waals surface area contributed by atoms with Gasteiger partial charge in [0.1, 0.15) is 6.07 Å². The maximum Gasteiger partial charge on any atom is 0.155 e. The van der Waals surface area contributed by atoms with Gasteiger partial charge in [-0.1, -0.05) is 34.5 Å². The van der Waals surface area contributed by atoms with Crippen molar-refractivity contribution in [3.63, 3.8) is 0 Å². The number of benzene rings is 1. The van der Waals surface area contributed by atoms with E-state index in [0.29, 0.717) is 22.9 Å². The first-order valence-electron chi connectivity index (χ1n) is 4.21. The Bertz CT molecular complexity index is 373. The number of nitriles is 1. The summed E-state index contributed by atoms with van der Waals surface area (Å²) in [5, 5.41) is 9.32. The fourth-order valence-corrected chi connectivity index (χ4v) is 1.86. The average molecular weight is 275 g/mol. The van der Waals surface area contributed by atoms with Gasteiger partial charge in [0.25, 0.3) is 0 Å². The Morgan fingerprint density at radius 2 is 2.29 bits per heavy atom. The quantitative estimate of drug-likeness (QED) is 0.841. The second-order valence-electron chi connectivity index (χ2n) is 2.72. The van der Waals surface area contributed by atoms with Crippen molar-refractivity contribution in [2.24, 2.45) is 0 Å². The van der Waals surface area contributed by atoms with Crippen LogP contribution in [0.3, 0.4) is 0 Å². The van der Waals surface area contributed by atoms with Gasteiger partial charge in [-0.05, 0) is 18.6 Å². The minimum absolute atomic E-state index is 0.456. The summed E-state index contributed by atoms with van der Waals surface area (Å²) in [4.78, 5) is 0. The number of ether oxygens (including phenoxy) is 1. The summed E-state index contributed by atoms with van der Waals surface area (Å²) >= 11 is 9.21. The topological polar surface area (TPSA) is 33.0 Å². The van der Waals surface area contributed by atoms with Gasteiger partial charge >= 0.3 is 0 Å². The smallest absolute Gasteiger partial charge is 0.155 e. The van der Waals surface area contributed by atoms with Crippen LogP contribution in [0.5, 0.6) is 5.75 Å². The lowest BCUT2D eigenvalue weighted by Crippen LogP contribution is -1.98. The number of hydrogen-bond acceptors (Lipinski definition) is 2. The zero-order valence-corrected chi connectivity index (χ0v) is 10.0. The molecule has 0 spiro atoms. The summed E-state index contributed by atoms with van der Waals surface area (Å²) in [6, 6.07) is 5.45. The molecule has 0 saturated carbocycles. The minimum atomic E-state index is 0.456. The molecular formula is C10H9BrClNO. The molecule has 1 rings (SSSR count). The van der Waals surface area contributed by atoms with Crippen LogP contribution in [0.25, 0.3) is 0 Å². The molecule has 0 aromatic heterocycles. The van der Waals surface area contributed by atoms with E-state index < -0.39 is 0 Å². The summed E-state index contributed by atoms with van der Waals surface area (Å²) in [6.45, 7) is 2.56. The van der Waals surface area contributed by atoms with Crippen molar-refractivity contribution in [3.8, 4) is 11.8 Å². The Balaban J connectivity index is 3.07. The largest absolute Gasteiger partial charge is 0.491 e. The molecule has 0 saturated heterocycles. The second-order valence-corrected chi connectivity index (χ2v) is 4.05. The van der Waals surface area contributed by atoms with Crippen molar-refractivity contribution < 1.29 is 4.74 Å². The molecular weight excluding hydrogens is 265 g/mol. The zero-order chi connectivity index (χ0) is 10.6. The molecule has 0 unspecified atom stereocenters. The first kappa shape index (κ1) is 11.4. The first-order chi connectivity index (χ1) is 6.69. The van der Waals surface area contributed by atoms with Gasteiger partial charge in [0.15, 0.2) is 5.75 Å². The predicted octanol–water partition coefficient (Wildman–Crippen LogP) is 3.76. The Morgan fingerprint density at radius 1 is 1.57 bits per heavy atom. The minimum Gasteiger partial charge on any atom is -0.491 e. The third-order valence-corrected chi connectivity index (χ3v) is 2.32. The standard InChI is InChI=1S/C10H9BrClNO/c1-2-3-14-10-7(6-13)4-8(11)5-9(10)12/h4-5H,2-3H2,1H3. The van der Waals surface area contributed by atoms with Crippen molar-refractivity contribution in [2.75, 3.05) is 6.61 Å². The van der Waals surface area contributed by atoms with Gasteiger partial charge in [-0.15, -0.1) is 0 Å². The Kier molecular flexibility index (Phi) is 4.24. The highest BCUT2D eigenvalue weighted by atomic mass is 79.9. The highest BCUT2D eigenvalue weighted by Crippen LogP contribution is 2.32. The number of nitrogens with zero attached hydrogens (tertiary/aromatic N) is 1. The van der Waals surface area contributed by atoms with Crippen LogP contribution in [0.4, 0.5) is 0 Å². The van der Waals surface area contributed by atoms with Gasteiger partial charge in [0.2, 0.25) is 0 Å². The fourth-order valence-electron chi connectivity index (χ4n) is 0.994. The Hall–Kier alpha value is -0.720. The third-order valence-electron chi connectivity index (χ3n) is 1.58. The van der Waals surface area contributed by atoms with Crippen molar-refractivity contribution in [3.05, 3.63) is 27.2 Å². The highest BCUT2D eigenvalue weighted by molar-refractivity contribution is 9.10. The molecule has 0 atom stereocenters. The first-order valence-corrected chi connectivity index (χ1v) is 5.38. The summed E-state index contributed by atoms with van der Waals surface area (Å²) in [7, 11) is 0. The van der Waals surface area contributed by atoms with E-state index in [-0.39, 0.29) is 0 Å². The molecule has 0 amide bonds. The van der Waals surface area contributed by atoms with E-state index in [2.05, 4.69) is 15.9 Å². The molecule has 14 heavy (non-hydrogen) atoms. The molecule has 1 aromatic rings. The molecule has 0 aliphatic rings. The van der Waals surface area contributed by atoms with Crippen LogP contribution in [-0.4, -0.2) is 6.61 Å². The molecule has 0 N–H and O–H groups in total. The van der Waals surface area contributed by atoms with Crippen molar-refractivity contribution >= 4 is 27.5 Å². The van der Waals surface area contributed by atoms with Gasteiger partial charge < -0.3 is 4.74 Å². The second kappa shape index (κ2) is 5.23. The van der Waals surface area contributed by atoms with Crippen LogP contribution in [0, 0.1) is 11.3 Å². The Morgan fingerprint density at radius 3 is 2.86 bits per heavy atom. The summed E-state index contributed by atoms with van der Waals surface area (Å²) in [6.07, 6.45) is 0.886. The maximum absolute atomic E-state index is 8.86. The molecule has 2 nitrogen and oxygen atoms in total. The van der Waals surface area contributed by atoms with Gasteiger partial charge in [-0.2, -0.15) is 5.26 Å². The van der Waals surface area contributed by atoms with Crippen LogP contribution in [0.1, 0.15) is 18.9 Å².